The molecule has 19 heavy (non-hydrogen) atoms. The van der Waals surface area contributed by atoms with Crippen molar-refractivity contribution in [1.82, 2.24) is 0 Å². The highest BCUT2D eigenvalue weighted by Gasteiger charge is 2.36. The van der Waals surface area contributed by atoms with Crippen LogP contribution in [0, 0.1) is 10.1 Å². The number of aliphatic hydroxyl groups is 2. The molecule has 5 nitrogen and oxygen atoms in total. The van der Waals surface area contributed by atoms with E-state index in [2.05, 4.69) is 6.92 Å². The Morgan fingerprint density at radius 3 is 1.58 bits per heavy atom. The third-order valence-electron chi connectivity index (χ3n) is 3.41. The lowest BCUT2D eigenvalue weighted by Crippen LogP contribution is -2.37. The van der Waals surface area contributed by atoms with E-state index < -0.39 is 10.8 Å². The first-order valence-electron chi connectivity index (χ1n) is 7.60. The average molecular weight is 275 g/mol. The molecule has 0 spiro atoms. The fourth-order valence-electron chi connectivity index (χ4n) is 2.12. The first-order valence-corrected chi connectivity index (χ1v) is 7.60. The van der Waals surface area contributed by atoms with Gasteiger partial charge in [-0.1, -0.05) is 71.1 Å². The molecule has 0 aliphatic rings. The van der Waals surface area contributed by atoms with Crippen LogP contribution in [0.5, 0.6) is 0 Å². The van der Waals surface area contributed by atoms with Gasteiger partial charge in [-0.3, -0.25) is 10.1 Å². The van der Waals surface area contributed by atoms with Crippen molar-refractivity contribution < 1.29 is 15.1 Å². The summed E-state index contributed by atoms with van der Waals surface area (Å²) in [7, 11) is 0. The lowest BCUT2D eigenvalue weighted by Gasteiger charge is -2.11. The molecule has 0 saturated heterocycles. The fraction of sp³-hybridized carbons (Fsp3) is 1.00. The van der Waals surface area contributed by atoms with Crippen molar-refractivity contribution >= 4 is 0 Å². The Hall–Kier alpha value is -0.680. The number of hydrogen-bond donors (Lipinski definition) is 2. The molecule has 0 aromatic rings. The van der Waals surface area contributed by atoms with Crippen LogP contribution >= 0.6 is 0 Å². The molecule has 0 atom stereocenters. The van der Waals surface area contributed by atoms with E-state index >= 15 is 0 Å². The lowest BCUT2D eigenvalue weighted by molar-refractivity contribution is -0.684. The van der Waals surface area contributed by atoms with E-state index in [-0.39, 0.29) is 6.42 Å². The molecule has 0 saturated carbocycles. The molecule has 0 aliphatic carbocycles. The molecule has 0 bridgehead atoms. The van der Waals surface area contributed by atoms with E-state index in [1.165, 1.54) is 44.9 Å². The Morgan fingerprint density at radius 2 is 1.21 bits per heavy atom. The topological polar surface area (TPSA) is 83.6 Å². The van der Waals surface area contributed by atoms with Gasteiger partial charge in [-0.25, -0.2) is 0 Å². The molecule has 114 valence electrons. The van der Waals surface area contributed by atoms with E-state index in [4.69, 9.17) is 10.2 Å². The minimum absolute atomic E-state index is 0.184. The van der Waals surface area contributed by atoms with Crippen LogP contribution in [0.3, 0.4) is 0 Å². The molecule has 0 fully saturated rings. The second-order valence-corrected chi connectivity index (χ2v) is 5.32. The van der Waals surface area contributed by atoms with Gasteiger partial charge in [0.15, 0.2) is 0 Å². The van der Waals surface area contributed by atoms with Crippen LogP contribution in [0.25, 0.3) is 0 Å². The van der Waals surface area contributed by atoms with Crippen LogP contribution in [0.2, 0.25) is 0 Å². The van der Waals surface area contributed by atoms with Crippen molar-refractivity contribution in [2.45, 2.75) is 89.9 Å². The smallest absolute Gasteiger partial charge is 0.307 e. The Labute approximate surface area is 116 Å². The first kappa shape index (κ1) is 18.3. The predicted octanol–water partition coefficient (Wildman–Crippen LogP) is 3.60. The number of unbranched alkanes of at least 4 members (excludes halogenated alkanes) is 10. The summed E-state index contributed by atoms with van der Waals surface area (Å²) < 4.78 is 0. The largest absolute Gasteiger partial charge is 0.437 e. The summed E-state index contributed by atoms with van der Waals surface area (Å²) in [6, 6.07) is 0. The van der Waals surface area contributed by atoms with Gasteiger partial charge in [-0.15, -0.1) is 0 Å². The summed E-state index contributed by atoms with van der Waals surface area (Å²) in [4.78, 5) is 9.20. The molecule has 0 radical (unpaired) electrons. The molecular formula is C14H29NO4. The highest BCUT2D eigenvalue weighted by atomic mass is 16.7. The van der Waals surface area contributed by atoms with Gasteiger partial charge >= 0.3 is 5.91 Å². The average Bonchev–Trinajstić information content (AvgIpc) is 2.35. The summed E-state index contributed by atoms with van der Waals surface area (Å²) in [6.07, 6.45) is 12.3. The number of nitro groups is 1. The predicted molar refractivity (Wildman–Crippen MR) is 75.2 cm³/mol. The van der Waals surface area contributed by atoms with Crippen molar-refractivity contribution in [3.05, 3.63) is 10.1 Å². The van der Waals surface area contributed by atoms with E-state index in [0.29, 0.717) is 6.42 Å². The van der Waals surface area contributed by atoms with Crippen LogP contribution in [0.4, 0.5) is 0 Å². The van der Waals surface area contributed by atoms with Gasteiger partial charge in [-0.2, -0.15) is 0 Å². The molecule has 2 N–H and O–H groups in total. The summed E-state index contributed by atoms with van der Waals surface area (Å²) >= 11 is 0. The Morgan fingerprint density at radius 1 is 0.842 bits per heavy atom. The van der Waals surface area contributed by atoms with Gasteiger partial charge in [0.2, 0.25) is 0 Å². The molecule has 5 heteroatoms. The maximum atomic E-state index is 10.2. The van der Waals surface area contributed by atoms with Crippen molar-refractivity contribution in [3.8, 4) is 0 Å². The van der Waals surface area contributed by atoms with Crippen LogP contribution in [0.15, 0.2) is 0 Å². The highest BCUT2D eigenvalue weighted by molar-refractivity contribution is 4.52. The van der Waals surface area contributed by atoms with E-state index in [1.54, 1.807) is 0 Å². The normalized spacial score (nSPS) is 11.7. The highest BCUT2D eigenvalue weighted by Crippen LogP contribution is 2.15. The molecule has 0 heterocycles. The van der Waals surface area contributed by atoms with Crippen LogP contribution < -0.4 is 0 Å². The number of rotatable bonds is 13. The quantitative estimate of drug-likeness (QED) is 0.233. The maximum Gasteiger partial charge on any atom is 0.437 e. The standard InChI is InChI=1S/C14H29NO4/c1-2-3-4-5-6-7-8-9-10-11-12-13-14(16,17)15(18)19/h16-17H,2-13H2,1H3. The third kappa shape index (κ3) is 10.9. The summed E-state index contributed by atoms with van der Waals surface area (Å²) in [5.41, 5.74) is 0. The van der Waals surface area contributed by atoms with Gasteiger partial charge in [0.05, 0.1) is 11.3 Å². The van der Waals surface area contributed by atoms with Gasteiger partial charge in [0.25, 0.3) is 0 Å². The second kappa shape index (κ2) is 11.2. The summed E-state index contributed by atoms with van der Waals surface area (Å²) in [6.45, 7) is 2.21. The van der Waals surface area contributed by atoms with Gasteiger partial charge in [-0.05, 0) is 6.42 Å². The first-order chi connectivity index (χ1) is 9.00. The van der Waals surface area contributed by atoms with Crippen molar-refractivity contribution in [2.75, 3.05) is 0 Å². The molecular weight excluding hydrogens is 246 g/mol. The number of hydrogen-bond acceptors (Lipinski definition) is 4. The Kier molecular flexibility index (Phi) is 10.8. The minimum atomic E-state index is -2.74. The molecule has 0 unspecified atom stereocenters. The summed E-state index contributed by atoms with van der Waals surface area (Å²) in [5.74, 6) is -2.74. The van der Waals surface area contributed by atoms with Gasteiger partial charge in [0, 0.05) is 0 Å². The van der Waals surface area contributed by atoms with E-state index in [1.807, 2.05) is 0 Å². The van der Waals surface area contributed by atoms with Gasteiger partial charge < -0.3 is 10.2 Å². The zero-order valence-electron chi connectivity index (χ0n) is 12.1. The van der Waals surface area contributed by atoms with Crippen molar-refractivity contribution in [3.63, 3.8) is 0 Å². The van der Waals surface area contributed by atoms with E-state index in [0.717, 1.165) is 19.3 Å². The summed E-state index contributed by atoms with van der Waals surface area (Å²) in [5, 5.41) is 28.2. The lowest BCUT2D eigenvalue weighted by atomic mass is 10.0. The van der Waals surface area contributed by atoms with Gasteiger partial charge in [0.1, 0.15) is 0 Å². The van der Waals surface area contributed by atoms with Crippen LogP contribution in [0.1, 0.15) is 84.0 Å². The fourth-order valence-corrected chi connectivity index (χ4v) is 2.12. The van der Waals surface area contributed by atoms with Crippen LogP contribution in [-0.2, 0) is 0 Å². The van der Waals surface area contributed by atoms with E-state index in [9.17, 15) is 10.1 Å². The van der Waals surface area contributed by atoms with Crippen LogP contribution in [-0.4, -0.2) is 21.0 Å². The maximum absolute atomic E-state index is 10.2. The monoisotopic (exact) mass is 275 g/mol. The Bertz CT molecular complexity index is 231. The molecule has 0 rings (SSSR count). The SMILES string of the molecule is CCCCCCCCCCCCCC(O)(O)[N+](=O)[O-]. The van der Waals surface area contributed by atoms with Crippen molar-refractivity contribution in [2.24, 2.45) is 0 Å². The minimum Gasteiger partial charge on any atom is -0.307 e. The zero-order valence-corrected chi connectivity index (χ0v) is 12.1. The third-order valence-corrected chi connectivity index (χ3v) is 3.41. The second-order valence-electron chi connectivity index (χ2n) is 5.32. The Balaban J connectivity index is 3.21. The zero-order chi connectivity index (χ0) is 14.6. The molecule has 0 aliphatic heterocycles. The molecule has 0 aromatic heterocycles. The van der Waals surface area contributed by atoms with Crippen molar-refractivity contribution in [1.29, 1.82) is 0 Å². The number of nitrogens with zero attached hydrogens (tertiary/aromatic N) is 1. The molecule has 0 amide bonds. The molecule has 0 aromatic carbocycles.